The van der Waals surface area contributed by atoms with Crippen LogP contribution in [-0.4, -0.2) is 68.8 Å². The van der Waals surface area contributed by atoms with Crippen molar-refractivity contribution in [3.8, 4) is 5.75 Å². The summed E-state index contributed by atoms with van der Waals surface area (Å²) >= 11 is 0. The maximum Gasteiger partial charge on any atom is 0.339 e. The van der Waals surface area contributed by atoms with E-state index in [1.807, 2.05) is 0 Å². The second kappa shape index (κ2) is 6.37. The van der Waals surface area contributed by atoms with Gasteiger partial charge in [0.2, 0.25) is 6.29 Å². The highest BCUT2D eigenvalue weighted by Gasteiger charge is 2.44. The lowest BCUT2D eigenvalue weighted by molar-refractivity contribution is -0.277. The van der Waals surface area contributed by atoms with E-state index in [0.717, 1.165) is 0 Å². The Morgan fingerprint density at radius 1 is 1.14 bits per heavy atom. The number of carbonyl (C=O) groups is 1. The maximum atomic E-state index is 11.1. The minimum atomic E-state index is -1.59. The molecule has 8 heteroatoms. The van der Waals surface area contributed by atoms with Crippen LogP contribution >= 0.6 is 0 Å². The minimum absolute atomic E-state index is 0.0608. The number of benzene rings is 1. The van der Waals surface area contributed by atoms with Gasteiger partial charge in [0.1, 0.15) is 35.7 Å². The third-order valence-electron chi connectivity index (χ3n) is 3.21. The van der Waals surface area contributed by atoms with Crippen molar-refractivity contribution in [3.63, 3.8) is 0 Å². The van der Waals surface area contributed by atoms with Gasteiger partial charge in [0.15, 0.2) is 0 Å². The molecule has 0 radical (unpaired) electrons. The van der Waals surface area contributed by atoms with E-state index in [1.165, 1.54) is 24.3 Å². The van der Waals surface area contributed by atoms with Gasteiger partial charge in [-0.25, -0.2) is 4.79 Å². The van der Waals surface area contributed by atoms with E-state index in [-0.39, 0.29) is 11.3 Å². The van der Waals surface area contributed by atoms with Crippen molar-refractivity contribution in [3.05, 3.63) is 29.8 Å². The van der Waals surface area contributed by atoms with Crippen LogP contribution in [0.25, 0.3) is 0 Å². The van der Waals surface area contributed by atoms with E-state index in [2.05, 4.69) is 0 Å². The number of rotatable bonds is 4. The van der Waals surface area contributed by atoms with E-state index in [9.17, 15) is 20.1 Å². The number of hydrogen-bond acceptors (Lipinski definition) is 7. The summed E-state index contributed by atoms with van der Waals surface area (Å²) in [5.41, 5.74) is -0.144. The lowest BCUT2D eigenvalue weighted by Gasteiger charge is -2.39. The number of aliphatic hydroxyl groups excluding tert-OH is 4. The molecule has 0 saturated carbocycles. The zero-order valence-electron chi connectivity index (χ0n) is 10.9. The summed E-state index contributed by atoms with van der Waals surface area (Å²) in [4.78, 5) is 11.1. The van der Waals surface area contributed by atoms with Gasteiger partial charge in [0.25, 0.3) is 0 Å². The van der Waals surface area contributed by atoms with Crippen molar-refractivity contribution in [2.75, 3.05) is 6.61 Å². The summed E-state index contributed by atoms with van der Waals surface area (Å²) in [6.45, 7) is -0.592. The largest absolute Gasteiger partial charge is 0.478 e. The summed E-state index contributed by atoms with van der Waals surface area (Å²) < 4.78 is 10.4. The van der Waals surface area contributed by atoms with Crippen molar-refractivity contribution >= 4 is 5.97 Å². The molecule has 8 nitrogen and oxygen atoms in total. The fourth-order valence-corrected chi connectivity index (χ4v) is 2.04. The number of aromatic carboxylic acids is 1. The smallest absolute Gasteiger partial charge is 0.339 e. The summed E-state index contributed by atoms with van der Waals surface area (Å²) in [7, 11) is 0. The van der Waals surface area contributed by atoms with Crippen LogP contribution in [0.2, 0.25) is 0 Å². The molecule has 0 aromatic heterocycles. The number of carboxylic acid groups (broad SMARTS) is 1. The normalized spacial score (nSPS) is 32.7. The van der Waals surface area contributed by atoms with Gasteiger partial charge in [-0.15, -0.1) is 0 Å². The third-order valence-corrected chi connectivity index (χ3v) is 3.21. The van der Waals surface area contributed by atoms with Crippen molar-refractivity contribution in [1.82, 2.24) is 0 Å². The number of hydrogen-bond donors (Lipinski definition) is 5. The van der Waals surface area contributed by atoms with Gasteiger partial charge in [0.05, 0.1) is 6.61 Å². The van der Waals surface area contributed by atoms with Gasteiger partial charge < -0.3 is 35.0 Å². The predicted octanol–water partition coefficient (Wildman–Crippen LogP) is -1.44. The summed E-state index contributed by atoms with van der Waals surface area (Å²) in [5, 5.41) is 47.2. The highest BCUT2D eigenvalue weighted by Crippen LogP contribution is 2.26. The molecule has 0 aliphatic carbocycles. The Hall–Kier alpha value is -1.71. The molecule has 0 spiro atoms. The summed E-state index contributed by atoms with van der Waals surface area (Å²) in [5.74, 6) is -1.29. The first kappa shape index (κ1) is 15.7. The topological polar surface area (TPSA) is 137 Å². The lowest BCUT2D eigenvalue weighted by Crippen LogP contribution is -2.60. The highest BCUT2D eigenvalue weighted by atomic mass is 16.7. The standard InChI is InChI=1S/C13H16O8/c14-5-8-9(15)10(16)11(17)13(21-8)20-7-4-2-1-3-6(7)12(18)19/h1-4,8-11,13-17H,5H2,(H,18,19)/t8-,9+,10+,11-,13-/m1/s1. The highest BCUT2D eigenvalue weighted by molar-refractivity contribution is 5.90. The molecule has 1 aliphatic rings. The van der Waals surface area contributed by atoms with E-state index in [4.69, 9.17) is 19.7 Å². The average molecular weight is 300 g/mol. The van der Waals surface area contributed by atoms with Gasteiger partial charge in [0, 0.05) is 0 Å². The first-order valence-electron chi connectivity index (χ1n) is 6.25. The maximum absolute atomic E-state index is 11.1. The SMILES string of the molecule is O=C(O)c1ccccc1O[C@@H]1O[C@H](CO)[C@H](O)[C@H](O)[C@H]1O. The minimum Gasteiger partial charge on any atom is -0.478 e. The number of carboxylic acids is 1. The second-order valence-corrected chi connectivity index (χ2v) is 4.62. The summed E-state index contributed by atoms with van der Waals surface area (Å²) in [6.07, 6.45) is -7.21. The van der Waals surface area contributed by atoms with Crippen LogP contribution in [0.4, 0.5) is 0 Å². The van der Waals surface area contributed by atoms with E-state index in [1.54, 1.807) is 0 Å². The fraction of sp³-hybridized carbons (Fsp3) is 0.462. The van der Waals surface area contributed by atoms with Crippen LogP contribution in [0, 0.1) is 0 Å². The molecule has 1 aromatic rings. The van der Waals surface area contributed by atoms with Gasteiger partial charge in [-0.3, -0.25) is 0 Å². The van der Waals surface area contributed by atoms with E-state index >= 15 is 0 Å². The summed E-state index contributed by atoms with van der Waals surface area (Å²) in [6, 6.07) is 5.71. The fourth-order valence-electron chi connectivity index (χ4n) is 2.04. The first-order chi connectivity index (χ1) is 9.95. The molecule has 1 aromatic carbocycles. The van der Waals surface area contributed by atoms with Crippen molar-refractivity contribution in [1.29, 1.82) is 0 Å². The second-order valence-electron chi connectivity index (χ2n) is 4.62. The molecule has 1 fully saturated rings. The van der Waals surface area contributed by atoms with Gasteiger partial charge in [-0.1, -0.05) is 12.1 Å². The lowest BCUT2D eigenvalue weighted by atomic mass is 9.99. The molecule has 0 unspecified atom stereocenters. The molecule has 2 rings (SSSR count). The van der Waals surface area contributed by atoms with Crippen molar-refractivity contribution in [2.45, 2.75) is 30.7 Å². The molecular formula is C13H16O8. The molecule has 0 bridgehead atoms. The Bertz CT molecular complexity index is 503. The Balaban J connectivity index is 2.20. The quantitative estimate of drug-likeness (QED) is 0.456. The predicted molar refractivity (Wildman–Crippen MR) is 67.8 cm³/mol. The zero-order chi connectivity index (χ0) is 15.6. The Morgan fingerprint density at radius 3 is 2.43 bits per heavy atom. The number of aliphatic hydroxyl groups is 4. The molecule has 5 N–H and O–H groups in total. The van der Waals surface area contributed by atoms with Gasteiger partial charge >= 0.3 is 5.97 Å². The zero-order valence-corrected chi connectivity index (χ0v) is 10.9. The number of ether oxygens (including phenoxy) is 2. The third kappa shape index (κ3) is 3.14. The van der Waals surface area contributed by atoms with Crippen LogP contribution in [0.3, 0.4) is 0 Å². The van der Waals surface area contributed by atoms with Gasteiger partial charge in [-0.2, -0.15) is 0 Å². The molecule has 5 atom stereocenters. The van der Waals surface area contributed by atoms with E-state index < -0.39 is 43.3 Å². The molecule has 116 valence electrons. The van der Waals surface area contributed by atoms with Crippen LogP contribution in [0.1, 0.15) is 10.4 Å². The van der Waals surface area contributed by atoms with Gasteiger partial charge in [-0.05, 0) is 12.1 Å². The number of para-hydroxylation sites is 1. The van der Waals surface area contributed by atoms with Crippen molar-refractivity contribution in [2.24, 2.45) is 0 Å². The molecule has 21 heavy (non-hydrogen) atoms. The molecule has 1 saturated heterocycles. The molecule has 1 heterocycles. The first-order valence-corrected chi connectivity index (χ1v) is 6.25. The average Bonchev–Trinajstić information content (AvgIpc) is 2.48. The monoisotopic (exact) mass is 300 g/mol. The van der Waals surface area contributed by atoms with Crippen LogP contribution in [0.5, 0.6) is 5.75 Å². The van der Waals surface area contributed by atoms with Crippen LogP contribution in [0.15, 0.2) is 24.3 Å². The van der Waals surface area contributed by atoms with Crippen LogP contribution < -0.4 is 4.74 Å². The molecular weight excluding hydrogens is 284 g/mol. The van der Waals surface area contributed by atoms with Crippen molar-refractivity contribution < 1.29 is 39.8 Å². The molecule has 1 aliphatic heterocycles. The van der Waals surface area contributed by atoms with Crippen LogP contribution in [-0.2, 0) is 4.74 Å². The Kier molecular flexibility index (Phi) is 4.76. The van der Waals surface area contributed by atoms with E-state index in [0.29, 0.717) is 0 Å². The Morgan fingerprint density at radius 2 is 1.81 bits per heavy atom. The molecule has 0 amide bonds. The Labute approximate surface area is 119 Å².